The molecule has 67 heavy (non-hydrogen) atoms. The van der Waals surface area contributed by atoms with Crippen LogP contribution in [-0.2, 0) is 18.4 Å². The van der Waals surface area contributed by atoms with E-state index in [1.165, 1.54) is 218 Å². The van der Waals surface area contributed by atoms with Gasteiger partial charge in [0, 0.05) is 6.42 Å². The van der Waals surface area contributed by atoms with Gasteiger partial charge >= 0.3 is 0 Å². The number of amides is 1. The van der Waals surface area contributed by atoms with Crippen LogP contribution in [0.25, 0.3) is 0 Å². The Morgan fingerprint density at radius 2 is 0.836 bits per heavy atom. The van der Waals surface area contributed by atoms with Gasteiger partial charge < -0.3 is 28.8 Å². The van der Waals surface area contributed by atoms with Gasteiger partial charge in [0.2, 0.25) is 5.91 Å². The summed E-state index contributed by atoms with van der Waals surface area (Å²) in [7, 11) is 1.25. The van der Waals surface area contributed by atoms with Crippen molar-refractivity contribution in [2.75, 3.05) is 40.9 Å². The highest BCUT2D eigenvalue weighted by Crippen LogP contribution is 2.38. The summed E-state index contributed by atoms with van der Waals surface area (Å²) in [5.74, 6) is -0.208. The molecular formula is C58H113N2O6P. The molecule has 0 aliphatic heterocycles. The number of carbonyl (C=O) groups excluding carboxylic acids is 1. The molecule has 0 saturated carbocycles. The number of unbranched alkanes of at least 4 members (excludes halogenated alkanes) is 36. The molecule has 1 amide bonds. The van der Waals surface area contributed by atoms with E-state index in [4.69, 9.17) is 9.05 Å². The van der Waals surface area contributed by atoms with Crippen molar-refractivity contribution < 1.29 is 32.9 Å². The maximum absolute atomic E-state index is 13.0. The number of allylic oxidation sites excluding steroid dienone is 5. The summed E-state index contributed by atoms with van der Waals surface area (Å²) in [4.78, 5) is 25.5. The molecule has 0 aromatic heterocycles. The van der Waals surface area contributed by atoms with Crippen LogP contribution in [0.3, 0.4) is 0 Å². The van der Waals surface area contributed by atoms with E-state index in [0.29, 0.717) is 17.4 Å². The number of nitrogens with zero attached hydrogens (tertiary/aromatic N) is 1. The molecule has 0 aromatic carbocycles. The fraction of sp³-hybridized carbons (Fsp3) is 0.879. The standard InChI is InChI=1S/C58H113N2O6P/c1-6-8-10-12-14-16-18-20-22-24-26-28-30-31-33-35-37-39-41-43-45-47-49-51-57(61)56(55-66-67(63,64)65-54-53-60(3,4)5)59-58(62)52-50-48-46-44-42-40-38-36-34-32-29-27-25-23-21-19-17-15-13-11-9-7-2/h32,34,41,43,49,51,56-57,61H,6-31,33,35-40,42,44-48,50,52-55H2,1-5H3,(H-,59,62,63,64)/b34-32-,43-41+,51-49+. The number of aliphatic hydroxyl groups is 1. The van der Waals surface area contributed by atoms with Crippen LogP contribution in [0.15, 0.2) is 36.5 Å². The van der Waals surface area contributed by atoms with E-state index in [1.807, 2.05) is 27.2 Å². The van der Waals surface area contributed by atoms with Crippen LogP contribution >= 0.6 is 7.82 Å². The number of quaternary nitrogens is 1. The van der Waals surface area contributed by atoms with Crippen molar-refractivity contribution in [3.63, 3.8) is 0 Å². The van der Waals surface area contributed by atoms with E-state index >= 15 is 0 Å². The van der Waals surface area contributed by atoms with E-state index in [2.05, 4.69) is 43.5 Å². The summed E-state index contributed by atoms with van der Waals surface area (Å²) in [6.07, 6.45) is 63.7. The Morgan fingerprint density at radius 1 is 0.507 bits per heavy atom. The second-order valence-electron chi connectivity index (χ2n) is 21.0. The number of phosphoric acid groups is 1. The zero-order valence-electron chi connectivity index (χ0n) is 45.1. The van der Waals surface area contributed by atoms with Gasteiger partial charge in [-0.3, -0.25) is 9.36 Å². The summed E-state index contributed by atoms with van der Waals surface area (Å²) < 4.78 is 23.3. The van der Waals surface area contributed by atoms with Gasteiger partial charge in [0.15, 0.2) is 0 Å². The van der Waals surface area contributed by atoms with Crippen molar-refractivity contribution in [1.29, 1.82) is 0 Å². The van der Waals surface area contributed by atoms with Gasteiger partial charge in [-0.05, 0) is 57.8 Å². The van der Waals surface area contributed by atoms with Crippen molar-refractivity contribution in [2.45, 2.75) is 289 Å². The van der Waals surface area contributed by atoms with Crippen molar-refractivity contribution in [3.8, 4) is 0 Å². The van der Waals surface area contributed by atoms with Crippen LogP contribution in [0.2, 0.25) is 0 Å². The Labute approximate surface area is 417 Å². The molecule has 396 valence electrons. The maximum atomic E-state index is 13.0. The van der Waals surface area contributed by atoms with Crippen molar-refractivity contribution in [1.82, 2.24) is 5.32 Å². The second-order valence-corrected chi connectivity index (χ2v) is 22.4. The lowest BCUT2D eigenvalue weighted by Crippen LogP contribution is -2.45. The van der Waals surface area contributed by atoms with Gasteiger partial charge in [-0.25, -0.2) is 0 Å². The molecule has 8 nitrogen and oxygen atoms in total. The summed E-state index contributed by atoms with van der Waals surface area (Å²) in [6, 6.07) is -0.906. The predicted octanol–water partition coefficient (Wildman–Crippen LogP) is 16.7. The summed E-state index contributed by atoms with van der Waals surface area (Å²) in [6.45, 7) is 4.66. The first-order valence-corrected chi connectivity index (χ1v) is 30.3. The molecule has 2 N–H and O–H groups in total. The monoisotopic (exact) mass is 965 g/mol. The lowest BCUT2D eigenvalue weighted by atomic mass is 10.0. The van der Waals surface area contributed by atoms with E-state index < -0.39 is 26.6 Å². The number of likely N-dealkylation sites (N-methyl/N-ethyl adjacent to an activating group) is 1. The van der Waals surface area contributed by atoms with Gasteiger partial charge in [-0.15, -0.1) is 0 Å². The average Bonchev–Trinajstić information content (AvgIpc) is 3.29. The van der Waals surface area contributed by atoms with Gasteiger partial charge in [-0.1, -0.05) is 249 Å². The second kappa shape index (κ2) is 49.7. The Hall–Kier alpha value is -1.28. The molecule has 0 fully saturated rings. The van der Waals surface area contributed by atoms with Crippen LogP contribution in [0.4, 0.5) is 0 Å². The highest BCUT2D eigenvalue weighted by Gasteiger charge is 2.23. The number of carbonyl (C=O) groups is 1. The smallest absolute Gasteiger partial charge is 0.268 e. The molecule has 0 saturated heterocycles. The molecule has 0 spiro atoms. The zero-order chi connectivity index (χ0) is 49.2. The molecule has 0 aliphatic rings. The molecule has 0 aromatic rings. The van der Waals surface area contributed by atoms with E-state index in [-0.39, 0.29) is 12.5 Å². The van der Waals surface area contributed by atoms with E-state index in [0.717, 1.165) is 38.5 Å². The third kappa shape index (κ3) is 52.4. The van der Waals surface area contributed by atoms with Crippen molar-refractivity contribution in [3.05, 3.63) is 36.5 Å². The molecular weight excluding hydrogens is 852 g/mol. The number of rotatable bonds is 53. The summed E-state index contributed by atoms with van der Waals surface area (Å²) in [5.41, 5.74) is 0. The van der Waals surface area contributed by atoms with E-state index in [9.17, 15) is 19.4 Å². The highest BCUT2D eigenvalue weighted by atomic mass is 31.2. The van der Waals surface area contributed by atoms with Crippen LogP contribution in [0, 0.1) is 0 Å². The Balaban J connectivity index is 4.27. The minimum absolute atomic E-state index is 0.00661. The normalized spacial score (nSPS) is 14.2. The van der Waals surface area contributed by atoms with Crippen LogP contribution in [0.5, 0.6) is 0 Å². The lowest BCUT2D eigenvalue weighted by molar-refractivity contribution is -0.870. The van der Waals surface area contributed by atoms with Crippen LogP contribution in [-0.4, -0.2) is 68.5 Å². The number of nitrogens with one attached hydrogen (secondary N) is 1. The minimum atomic E-state index is -4.61. The largest absolute Gasteiger partial charge is 0.756 e. The summed E-state index contributed by atoms with van der Waals surface area (Å²) in [5, 5.41) is 13.9. The molecule has 0 aliphatic carbocycles. The SMILES string of the molecule is CCCCCCCCCCCCC/C=C\CCCCCCCCCC(=O)NC(COP(=O)([O-])OCC[N+](C)(C)C)C(O)/C=C/CC/C=C/CCCCCCCCCCCCCCCCCCC. The number of hydrogen-bond donors (Lipinski definition) is 2. The first kappa shape index (κ1) is 65.7. The topological polar surface area (TPSA) is 108 Å². The third-order valence-electron chi connectivity index (χ3n) is 13.1. The minimum Gasteiger partial charge on any atom is -0.756 e. The lowest BCUT2D eigenvalue weighted by Gasteiger charge is -2.29. The van der Waals surface area contributed by atoms with Crippen LogP contribution in [0.1, 0.15) is 277 Å². The van der Waals surface area contributed by atoms with Crippen molar-refractivity contribution in [2.24, 2.45) is 0 Å². The van der Waals surface area contributed by atoms with Gasteiger partial charge in [-0.2, -0.15) is 0 Å². The molecule has 0 radical (unpaired) electrons. The Bertz CT molecular complexity index is 1190. The molecule has 0 rings (SSSR count). The number of phosphoric ester groups is 1. The van der Waals surface area contributed by atoms with Gasteiger partial charge in [0.1, 0.15) is 13.2 Å². The first-order valence-electron chi connectivity index (χ1n) is 28.9. The Morgan fingerprint density at radius 3 is 1.21 bits per heavy atom. The molecule has 0 bridgehead atoms. The fourth-order valence-electron chi connectivity index (χ4n) is 8.52. The van der Waals surface area contributed by atoms with Crippen molar-refractivity contribution >= 4 is 13.7 Å². The number of hydrogen-bond acceptors (Lipinski definition) is 6. The molecule has 3 atom stereocenters. The van der Waals surface area contributed by atoms with Gasteiger partial charge in [0.25, 0.3) is 7.82 Å². The maximum Gasteiger partial charge on any atom is 0.268 e. The highest BCUT2D eigenvalue weighted by molar-refractivity contribution is 7.45. The predicted molar refractivity (Wildman–Crippen MR) is 288 cm³/mol. The Kier molecular flexibility index (Phi) is 48.7. The van der Waals surface area contributed by atoms with Gasteiger partial charge in [0.05, 0.1) is 39.9 Å². The first-order chi connectivity index (χ1) is 32.5. The fourth-order valence-corrected chi connectivity index (χ4v) is 9.24. The quantitative estimate of drug-likeness (QED) is 0.0272. The zero-order valence-corrected chi connectivity index (χ0v) is 46.0. The molecule has 9 heteroatoms. The van der Waals surface area contributed by atoms with E-state index in [1.54, 1.807) is 6.08 Å². The van der Waals surface area contributed by atoms with Crippen LogP contribution < -0.4 is 10.2 Å². The number of aliphatic hydroxyl groups excluding tert-OH is 1. The average molecular weight is 966 g/mol. The summed E-state index contributed by atoms with van der Waals surface area (Å²) >= 11 is 0. The molecule has 3 unspecified atom stereocenters. The molecule has 0 heterocycles. The third-order valence-corrected chi connectivity index (χ3v) is 14.0.